The minimum atomic E-state index is 0.0319. The fourth-order valence-corrected chi connectivity index (χ4v) is 6.04. The number of benzene rings is 6. The van der Waals surface area contributed by atoms with Crippen LogP contribution in [0.2, 0.25) is 0 Å². The molecule has 8 rings (SSSR count). The van der Waals surface area contributed by atoms with Crippen LogP contribution >= 0.6 is 0 Å². The second-order valence-corrected chi connectivity index (χ2v) is 10.0. The van der Waals surface area contributed by atoms with E-state index in [1.165, 1.54) is 21.8 Å². The molecule has 0 aliphatic carbocycles. The average Bonchev–Trinajstić information content (AvgIpc) is 3.38. The van der Waals surface area contributed by atoms with Gasteiger partial charge in [-0.3, -0.25) is 0 Å². The van der Waals surface area contributed by atoms with E-state index in [1.54, 1.807) is 0 Å². The highest BCUT2D eigenvalue weighted by molar-refractivity contribution is 6.23. The van der Waals surface area contributed by atoms with Crippen LogP contribution in [0.5, 0.6) is 0 Å². The molecule has 2 aromatic heterocycles. The molecule has 0 aliphatic heterocycles. The molecule has 0 atom stereocenters. The molecule has 5 heteroatoms. The molecule has 0 N–H and O–H groups in total. The Hall–Kier alpha value is -6.04. The lowest BCUT2D eigenvalue weighted by atomic mass is 9.95. The van der Waals surface area contributed by atoms with Crippen LogP contribution in [-0.4, -0.2) is 14.5 Å². The van der Waals surface area contributed by atoms with E-state index in [9.17, 15) is 5.26 Å². The lowest BCUT2D eigenvalue weighted by Crippen LogP contribution is -1.94. The molecule has 188 valence electrons. The van der Waals surface area contributed by atoms with Gasteiger partial charge in [0.05, 0.1) is 11.0 Å². The van der Waals surface area contributed by atoms with Crippen LogP contribution in [0, 0.1) is 17.9 Å². The monoisotopic (exact) mass is 521 g/mol. The van der Waals surface area contributed by atoms with Crippen molar-refractivity contribution in [2.24, 2.45) is 0 Å². The molecule has 0 unspecified atom stereocenters. The first-order valence-electron chi connectivity index (χ1n) is 13.3. The van der Waals surface area contributed by atoms with E-state index >= 15 is 0 Å². The largest absolute Gasteiger partial charge is 0.358 e. The van der Waals surface area contributed by atoms with Crippen molar-refractivity contribution in [2.45, 2.75) is 0 Å². The van der Waals surface area contributed by atoms with Gasteiger partial charge in [0.1, 0.15) is 11.6 Å². The number of nitrogens with zero attached hydrogens (tertiary/aromatic N) is 5. The number of nitriles is 1. The first kappa shape index (κ1) is 22.9. The van der Waals surface area contributed by atoms with Crippen LogP contribution in [-0.2, 0) is 0 Å². The van der Waals surface area contributed by atoms with Gasteiger partial charge in [-0.2, -0.15) is 5.26 Å². The van der Waals surface area contributed by atoms with Gasteiger partial charge in [0.25, 0.3) is 0 Å². The summed E-state index contributed by atoms with van der Waals surface area (Å²) in [6.45, 7) is 7.47. The van der Waals surface area contributed by atoms with E-state index < -0.39 is 0 Å². The maximum Gasteiger partial charge on any atom is 0.307 e. The van der Waals surface area contributed by atoms with Crippen molar-refractivity contribution in [3.8, 4) is 22.9 Å². The molecular weight excluding hydrogens is 502 g/mol. The van der Waals surface area contributed by atoms with E-state index in [0.29, 0.717) is 11.0 Å². The van der Waals surface area contributed by atoms with Gasteiger partial charge in [-0.05, 0) is 58.3 Å². The first-order chi connectivity index (χ1) is 20.2. The third-order valence-corrected chi connectivity index (χ3v) is 7.88. The summed E-state index contributed by atoms with van der Waals surface area (Å²) in [6, 6.07) is 42.1. The van der Waals surface area contributed by atoms with Gasteiger partial charge in [0, 0.05) is 27.2 Å². The summed E-state index contributed by atoms with van der Waals surface area (Å²) in [5.74, 6) is 0.0319. The highest BCUT2D eigenvalue weighted by Crippen LogP contribution is 2.37. The molecule has 5 nitrogen and oxygen atoms in total. The van der Waals surface area contributed by atoms with Crippen molar-refractivity contribution in [2.75, 3.05) is 0 Å². The lowest BCUT2D eigenvalue weighted by molar-refractivity contribution is 1.18. The third kappa shape index (κ3) is 3.34. The fraction of sp³-hybridized carbons (Fsp3) is 0. The van der Waals surface area contributed by atoms with Crippen molar-refractivity contribution in [1.29, 1.82) is 5.26 Å². The molecular formula is C36H19N5. The number of hydrogen-bond acceptors (Lipinski definition) is 3. The molecule has 0 radical (unpaired) electrons. The van der Waals surface area contributed by atoms with Gasteiger partial charge in [0.15, 0.2) is 11.2 Å². The van der Waals surface area contributed by atoms with Crippen molar-refractivity contribution in [3.05, 3.63) is 132 Å². The molecule has 0 bridgehead atoms. The Bertz CT molecular complexity index is 2380. The number of para-hydroxylation sites is 2. The summed E-state index contributed by atoms with van der Waals surface area (Å²) in [5, 5.41) is 16.0. The SMILES string of the molecule is [C-]#[N+]c1nc2c3ccccc3c3cc(-c4ccc(-n5c6ccccc6c6ccccc65)cc4)ccc3c2nc1C#N. The van der Waals surface area contributed by atoms with Gasteiger partial charge in [-0.15, -0.1) is 4.98 Å². The van der Waals surface area contributed by atoms with Gasteiger partial charge in [-0.1, -0.05) is 85.4 Å². The summed E-state index contributed by atoms with van der Waals surface area (Å²) >= 11 is 0. The van der Waals surface area contributed by atoms with Crippen LogP contribution < -0.4 is 0 Å². The Morgan fingerprint density at radius 1 is 0.585 bits per heavy atom. The zero-order valence-corrected chi connectivity index (χ0v) is 21.7. The zero-order chi connectivity index (χ0) is 27.5. The highest BCUT2D eigenvalue weighted by Gasteiger charge is 2.18. The Kier molecular flexibility index (Phi) is 4.88. The third-order valence-electron chi connectivity index (χ3n) is 7.88. The second kappa shape index (κ2) is 8.74. The minimum Gasteiger partial charge on any atom is -0.358 e. The zero-order valence-electron chi connectivity index (χ0n) is 21.7. The Morgan fingerprint density at radius 3 is 1.80 bits per heavy atom. The van der Waals surface area contributed by atoms with Crippen molar-refractivity contribution in [1.82, 2.24) is 14.5 Å². The smallest absolute Gasteiger partial charge is 0.307 e. The number of fused-ring (bicyclic) bond motifs is 9. The predicted octanol–water partition coefficient (Wildman–Crippen LogP) is 9.12. The van der Waals surface area contributed by atoms with E-state index in [-0.39, 0.29) is 11.5 Å². The summed E-state index contributed by atoms with van der Waals surface area (Å²) < 4.78 is 2.32. The molecule has 0 saturated carbocycles. The summed E-state index contributed by atoms with van der Waals surface area (Å²) in [6.07, 6.45) is 0. The number of aromatic nitrogens is 3. The molecule has 6 aromatic carbocycles. The minimum absolute atomic E-state index is 0.0319. The van der Waals surface area contributed by atoms with E-state index in [1.807, 2.05) is 30.3 Å². The molecule has 0 saturated heterocycles. The number of rotatable bonds is 2. The quantitative estimate of drug-likeness (QED) is 0.168. The van der Waals surface area contributed by atoms with E-state index in [0.717, 1.165) is 38.4 Å². The van der Waals surface area contributed by atoms with Gasteiger partial charge in [-0.25, -0.2) is 4.98 Å². The molecule has 0 spiro atoms. The second-order valence-electron chi connectivity index (χ2n) is 10.0. The molecule has 0 fully saturated rings. The molecule has 8 aromatic rings. The molecule has 2 heterocycles. The Labute approximate surface area is 235 Å². The van der Waals surface area contributed by atoms with Crippen LogP contribution in [0.3, 0.4) is 0 Å². The van der Waals surface area contributed by atoms with Gasteiger partial charge >= 0.3 is 5.82 Å². The molecule has 0 amide bonds. The Morgan fingerprint density at radius 2 is 1.15 bits per heavy atom. The summed E-state index contributed by atoms with van der Waals surface area (Å²) in [4.78, 5) is 12.6. The summed E-state index contributed by atoms with van der Waals surface area (Å²) in [7, 11) is 0. The standard InChI is InChI=1S/C36H19N5/c1-38-36-31(21-37)39-34-29-19-16-23(20-30(29)25-8-2-3-11-28(25)35(34)40-36)22-14-17-24(18-15-22)41-32-12-6-4-9-26(32)27-10-5-7-13-33(27)41/h2-20H. The van der Waals surface area contributed by atoms with Crippen molar-refractivity contribution in [3.63, 3.8) is 0 Å². The summed E-state index contributed by atoms with van der Waals surface area (Å²) in [5.41, 5.74) is 6.99. The van der Waals surface area contributed by atoms with Gasteiger partial charge < -0.3 is 9.41 Å². The van der Waals surface area contributed by atoms with Crippen LogP contribution in [0.15, 0.2) is 115 Å². The maximum atomic E-state index is 9.60. The highest BCUT2D eigenvalue weighted by atomic mass is 15.0. The normalized spacial score (nSPS) is 11.4. The van der Waals surface area contributed by atoms with Crippen LogP contribution in [0.1, 0.15) is 5.69 Å². The fourth-order valence-electron chi connectivity index (χ4n) is 6.04. The Balaban J connectivity index is 1.31. The average molecular weight is 522 g/mol. The number of hydrogen-bond donors (Lipinski definition) is 0. The molecule has 41 heavy (non-hydrogen) atoms. The van der Waals surface area contributed by atoms with E-state index in [2.05, 4.69) is 110 Å². The molecule has 0 aliphatic rings. The maximum absolute atomic E-state index is 9.60. The van der Waals surface area contributed by atoms with E-state index in [4.69, 9.17) is 6.57 Å². The lowest BCUT2D eigenvalue weighted by Gasteiger charge is -2.12. The topological polar surface area (TPSA) is 58.9 Å². The predicted molar refractivity (Wildman–Crippen MR) is 165 cm³/mol. The van der Waals surface area contributed by atoms with Crippen molar-refractivity contribution >= 4 is 60.2 Å². The van der Waals surface area contributed by atoms with Crippen molar-refractivity contribution < 1.29 is 0 Å². The van der Waals surface area contributed by atoms with Crippen LogP contribution in [0.4, 0.5) is 5.82 Å². The first-order valence-corrected chi connectivity index (χ1v) is 13.3. The van der Waals surface area contributed by atoms with Gasteiger partial charge in [0.2, 0.25) is 0 Å². The van der Waals surface area contributed by atoms with Crippen LogP contribution in [0.25, 0.3) is 76.0 Å².